The second-order valence-electron chi connectivity index (χ2n) is 14.5. The highest BCUT2D eigenvalue weighted by molar-refractivity contribution is 7.97. The summed E-state index contributed by atoms with van der Waals surface area (Å²) in [5, 5.41) is 16.5. The second kappa shape index (κ2) is 12.9. The minimum absolute atomic E-state index is 0.0713. The first-order valence-electron chi connectivity index (χ1n) is 15.4. The molecule has 0 bridgehead atoms. The first-order chi connectivity index (χ1) is 21.0. The van der Waals surface area contributed by atoms with Gasteiger partial charge >= 0.3 is 11.9 Å². The predicted octanol–water partition coefficient (Wildman–Crippen LogP) is 5.65. The number of ketones is 1. The van der Waals surface area contributed by atoms with Crippen LogP contribution in [-0.2, 0) is 23.9 Å². The number of rotatable bonds is 8. The van der Waals surface area contributed by atoms with E-state index in [1.165, 1.54) is 0 Å². The van der Waals surface area contributed by atoms with Gasteiger partial charge in [-0.3, -0.25) is 9.59 Å². The van der Waals surface area contributed by atoms with Crippen LogP contribution in [0.15, 0.2) is 102 Å². The van der Waals surface area contributed by atoms with E-state index in [0.717, 1.165) is 15.9 Å². The number of hydrogen-bond donors (Lipinski definition) is 0. The average molecular weight is 629 g/mol. The van der Waals surface area contributed by atoms with Crippen LogP contribution in [0.4, 0.5) is 0 Å². The van der Waals surface area contributed by atoms with Gasteiger partial charge in [-0.2, -0.15) is 0 Å². The highest BCUT2D eigenvalue weighted by Gasteiger charge is 2.63. The second-order valence-corrected chi connectivity index (χ2v) is 18.0. The maximum atomic E-state index is 15.0. The molecule has 0 fully saturated rings. The van der Waals surface area contributed by atoms with Gasteiger partial charge in [0.05, 0.1) is 0 Å². The molecule has 0 heterocycles. The summed E-state index contributed by atoms with van der Waals surface area (Å²) in [5.41, 5.74) is -3.93. The molecule has 0 saturated heterocycles. The van der Waals surface area contributed by atoms with Gasteiger partial charge in [0.15, 0.2) is 11.4 Å². The average Bonchev–Trinajstić information content (AvgIpc) is 2.93. The van der Waals surface area contributed by atoms with Crippen LogP contribution in [0.2, 0.25) is 0 Å². The Balaban J connectivity index is 2.22. The Morgan fingerprint density at radius 3 is 1.42 bits per heavy atom. The van der Waals surface area contributed by atoms with Crippen LogP contribution in [-0.4, -0.2) is 34.6 Å². The lowest BCUT2D eigenvalue weighted by molar-refractivity contribution is -0.313. The van der Waals surface area contributed by atoms with Crippen LogP contribution >= 0.6 is 7.26 Å². The molecule has 4 rings (SSSR count). The molecular weight excluding hydrogens is 583 g/mol. The summed E-state index contributed by atoms with van der Waals surface area (Å²) in [4.78, 5) is 43.7. The summed E-state index contributed by atoms with van der Waals surface area (Å²) in [5.74, 6) is -3.84. The normalized spacial score (nSPS) is 16.9. The standard InChI is InChI=1S/C38H45O6P/c1-36(2,3)43-34(41)32(31-29(39)24-38(7,8)25-30(31)40)33(35(42)44-37(4,5)6)45(26-18-12-9-13-19-26,27-20-14-10-15-21-27)28-22-16-11-17-23-28/h9-23,32-33H,24-25H2,1-8H3. The number of hydrogen-bond acceptors (Lipinski definition) is 6. The number of Topliss-reactive ketones (excluding diaryl/α,β-unsaturated/α-hetero) is 1. The molecule has 0 N–H and O–H groups in total. The Hall–Kier alpha value is -3.76. The van der Waals surface area contributed by atoms with Crippen LogP contribution in [0, 0.1) is 11.3 Å². The van der Waals surface area contributed by atoms with Crippen molar-refractivity contribution in [2.75, 3.05) is 0 Å². The van der Waals surface area contributed by atoms with Crippen LogP contribution in [0.1, 0.15) is 68.2 Å². The molecule has 3 aromatic carbocycles. The van der Waals surface area contributed by atoms with Crippen molar-refractivity contribution in [1.82, 2.24) is 0 Å². The van der Waals surface area contributed by atoms with Crippen molar-refractivity contribution in [2.45, 2.75) is 85.1 Å². The summed E-state index contributed by atoms with van der Waals surface area (Å²) in [6.45, 7) is 14.2. The zero-order chi connectivity index (χ0) is 33.2. The molecule has 0 radical (unpaired) electrons. The van der Waals surface area contributed by atoms with Crippen molar-refractivity contribution in [2.24, 2.45) is 11.3 Å². The van der Waals surface area contributed by atoms with E-state index in [1.54, 1.807) is 41.5 Å². The van der Waals surface area contributed by atoms with Crippen LogP contribution in [0.5, 0.6) is 0 Å². The SMILES string of the molecule is CC1(C)CC(=O)C(C(C(=O)OC(C)(C)C)C(C(=O)OC(C)(C)C)[P+](c2ccccc2)(c2ccccc2)c2ccccc2)=C([O-])C1. The summed E-state index contributed by atoms with van der Waals surface area (Å²) in [7, 11) is -3.23. The Kier molecular flexibility index (Phi) is 9.80. The van der Waals surface area contributed by atoms with Gasteiger partial charge < -0.3 is 14.6 Å². The lowest BCUT2D eigenvalue weighted by Gasteiger charge is -2.42. The number of benzene rings is 3. The molecule has 7 heteroatoms. The highest BCUT2D eigenvalue weighted by Crippen LogP contribution is 2.64. The fraction of sp³-hybridized carbons (Fsp3) is 0.395. The molecule has 6 nitrogen and oxygen atoms in total. The largest absolute Gasteiger partial charge is 0.875 e. The van der Waals surface area contributed by atoms with Crippen molar-refractivity contribution in [3.05, 3.63) is 102 Å². The summed E-state index contributed by atoms with van der Waals surface area (Å²) < 4.78 is 12.2. The lowest BCUT2D eigenvalue weighted by atomic mass is 9.73. The van der Waals surface area contributed by atoms with E-state index in [1.807, 2.05) is 105 Å². The van der Waals surface area contributed by atoms with Crippen LogP contribution in [0.25, 0.3) is 0 Å². The Morgan fingerprint density at radius 1 is 0.689 bits per heavy atom. The number of allylic oxidation sites excluding steroid dienone is 1. The van der Waals surface area contributed by atoms with Gasteiger partial charge in [-0.25, -0.2) is 4.79 Å². The molecule has 2 unspecified atom stereocenters. The van der Waals surface area contributed by atoms with E-state index < -0.39 is 58.9 Å². The summed E-state index contributed by atoms with van der Waals surface area (Å²) in [6, 6.07) is 28.8. The van der Waals surface area contributed by atoms with E-state index in [9.17, 15) is 19.5 Å². The highest BCUT2D eigenvalue weighted by atomic mass is 31.2. The number of esters is 2. The van der Waals surface area contributed by atoms with Gasteiger partial charge in [-0.1, -0.05) is 68.4 Å². The molecular formula is C38H45O6P. The molecule has 1 aliphatic rings. The maximum absolute atomic E-state index is 15.0. The van der Waals surface area contributed by atoms with Crippen LogP contribution < -0.4 is 21.0 Å². The third-order valence-corrected chi connectivity index (χ3v) is 12.4. The first-order valence-corrected chi connectivity index (χ1v) is 17.3. The first kappa shape index (κ1) is 34.1. The van der Waals surface area contributed by atoms with Crippen molar-refractivity contribution in [1.29, 1.82) is 0 Å². The number of carbonyl (C=O) groups excluding carboxylic acids is 3. The summed E-state index contributed by atoms with van der Waals surface area (Å²) in [6.07, 6.45) is 0.143. The fourth-order valence-corrected chi connectivity index (χ4v) is 11.1. The molecule has 0 spiro atoms. The Labute approximate surface area is 268 Å². The third-order valence-electron chi connectivity index (χ3n) is 7.72. The van der Waals surface area contributed by atoms with Crippen molar-refractivity contribution >= 4 is 40.9 Å². The Morgan fingerprint density at radius 2 is 1.07 bits per heavy atom. The molecule has 0 saturated carbocycles. The zero-order valence-corrected chi connectivity index (χ0v) is 28.5. The van der Waals surface area contributed by atoms with Gasteiger partial charge in [0.25, 0.3) is 0 Å². The van der Waals surface area contributed by atoms with E-state index >= 15 is 0 Å². The Bertz CT molecular complexity index is 1450. The maximum Gasteiger partial charge on any atom is 0.350 e. The van der Waals surface area contributed by atoms with Crippen molar-refractivity contribution in [3.63, 3.8) is 0 Å². The fourth-order valence-electron chi connectivity index (χ4n) is 6.19. The number of ether oxygens (including phenoxy) is 2. The topological polar surface area (TPSA) is 92.7 Å². The predicted molar refractivity (Wildman–Crippen MR) is 179 cm³/mol. The van der Waals surface area contributed by atoms with E-state index in [-0.39, 0.29) is 18.4 Å². The molecule has 238 valence electrons. The zero-order valence-electron chi connectivity index (χ0n) is 27.6. The van der Waals surface area contributed by atoms with Gasteiger partial charge in [-0.05, 0) is 89.8 Å². The molecule has 1 aliphatic carbocycles. The molecule has 0 amide bonds. The number of carbonyl (C=O) groups is 3. The minimum Gasteiger partial charge on any atom is -0.875 e. The molecule has 45 heavy (non-hydrogen) atoms. The van der Waals surface area contributed by atoms with E-state index in [0.29, 0.717) is 0 Å². The smallest absolute Gasteiger partial charge is 0.350 e. The van der Waals surface area contributed by atoms with Crippen molar-refractivity contribution in [3.8, 4) is 0 Å². The van der Waals surface area contributed by atoms with Gasteiger partial charge in [-0.15, -0.1) is 5.76 Å². The lowest BCUT2D eigenvalue weighted by Crippen LogP contribution is -2.53. The van der Waals surface area contributed by atoms with E-state index in [4.69, 9.17) is 9.47 Å². The van der Waals surface area contributed by atoms with Gasteiger partial charge in [0, 0.05) is 12.0 Å². The molecule has 3 aromatic rings. The minimum atomic E-state index is -3.23. The monoisotopic (exact) mass is 628 g/mol. The van der Waals surface area contributed by atoms with E-state index in [2.05, 4.69) is 0 Å². The molecule has 0 aliphatic heterocycles. The van der Waals surface area contributed by atoms with Crippen LogP contribution in [0.3, 0.4) is 0 Å². The van der Waals surface area contributed by atoms with Gasteiger partial charge in [0.2, 0.25) is 0 Å². The summed E-state index contributed by atoms with van der Waals surface area (Å²) >= 11 is 0. The van der Waals surface area contributed by atoms with Gasteiger partial charge in [0.1, 0.15) is 40.3 Å². The third kappa shape index (κ3) is 7.56. The van der Waals surface area contributed by atoms with Crippen molar-refractivity contribution < 1.29 is 29.0 Å². The molecule has 0 aromatic heterocycles. The molecule has 2 atom stereocenters. The quantitative estimate of drug-likeness (QED) is 0.237.